The molecule has 0 saturated carbocycles. The second kappa shape index (κ2) is 5.32. The molecule has 0 bridgehead atoms. The van der Waals surface area contributed by atoms with E-state index in [0.717, 1.165) is 15.7 Å². The summed E-state index contributed by atoms with van der Waals surface area (Å²) in [6, 6.07) is 10.4. The molecule has 0 saturated heterocycles. The van der Waals surface area contributed by atoms with Gasteiger partial charge in [0, 0.05) is 10.2 Å². The average Bonchev–Trinajstić information content (AvgIpc) is 2.37. The number of benzene rings is 2. The van der Waals surface area contributed by atoms with E-state index in [9.17, 15) is 4.79 Å². The molecule has 0 aliphatic heterocycles. The van der Waals surface area contributed by atoms with Gasteiger partial charge in [-0.25, -0.2) is 4.79 Å². The van der Waals surface area contributed by atoms with Gasteiger partial charge in [0.05, 0.1) is 16.9 Å². The predicted molar refractivity (Wildman–Crippen MR) is 80.0 cm³/mol. The summed E-state index contributed by atoms with van der Waals surface area (Å²) < 4.78 is 0.998. The van der Waals surface area contributed by atoms with Gasteiger partial charge < -0.3 is 16.2 Å². The van der Waals surface area contributed by atoms with Gasteiger partial charge in [-0.3, -0.25) is 0 Å². The van der Waals surface area contributed by atoms with Gasteiger partial charge in [0.1, 0.15) is 0 Å². The fourth-order valence-corrected chi connectivity index (χ4v) is 2.06. The summed E-state index contributed by atoms with van der Waals surface area (Å²) in [5, 5.41) is 12.1. The number of carbonyl (C=O) groups is 1. The monoisotopic (exact) mass is 320 g/mol. The summed E-state index contributed by atoms with van der Waals surface area (Å²) in [7, 11) is 0. The highest BCUT2D eigenvalue weighted by Gasteiger charge is 2.08. The molecule has 0 radical (unpaired) electrons. The Morgan fingerprint density at radius 2 is 2.00 bits per heavy atom. The van der Waals surface area contributed by atoms with Crippen LogP contribution in [0, 0.1) is 6.92 Å². The lowest BCUT2D eigenvalue weighted by Crippen LogP contribution is -2.02. The largest absolute Gasteiger partial charge is 0.478 e. The third-order valence-electron chi connectivity index (χ3n) is 2.84. The number of nitrogen functional groups attached to an aromatic ring is 1. The van der Waals surface area contributed by atoms with Gasteiger partial charge in [-0.1, -0.05) is 22.0 Å². The van der Waals surface area contributed by atoms with E-state index in [4.69, 9.17) is 10.8 Å². The zero-order chi connectivity index (χ0) is 14.0. The number of hydrogen-bond acceptors (Lipinski definition) is 3. The number of carboxylic acid groups (broad SMARTS) is 1. The minimum Gasteiger partial charge on any atom is -0.478 e. The van der Waals surface area contributed by atoms with E-state index in [1.165, 1.54) is 12.1 Å². The maximum atomic E-state index is 10.8. The van der Waals surface area contributed by atoms with Gasteiger partial charge in [-0.2, -0.15) is 0 Å². The van der Waals surface area contributed by atoms with Crippen LogP contribution in [-0.4, -0.2) is 11.1 Å². The molecule has 0 fully saturated rings. The number of aromatic carboxylic acids is 1. The van der Waals surface area contributed by atoms with Crippen molar-refractivity contribution in [2.45, 2.75) is 6.92 Å². The Morgan fingerprint density at radius 3 is 2.63 bits per heavy atom. The summed E-state index contributed by atoms with van der Waals surface area (Å²) in [6.07, 6.45) is 0. The third-order valence-corrected chi connectivity index (χ3v) is 3.69. The van der Waals surface area contributed by atoms with Crippen LogP contribution in [0.15, 0.2) is 40.9 Å². The van der Waals surface area contributed by atoms with Crippen LogP contribution in [0.2, 0.25) is 0 Å². The lowest BCUT2D eigenvalue weighted by molar-refractivity contribution is 0.0697. The molecule has 0 aromatic heterocycles. The molecule has 0 amide bonds. The maximum absolute atomic E-state index is 10.8. The second-order valence-corrected chi connectivity index (χ2v) is 5.00. The Bertz CT molecular complexity index is 641. The van der Waals surface area contributed by atoms with Crippen molar-refractivity contribution in [3.05, 3.63) is 52.0 Å². The lowest BCUT2D eigenvalue weighted by Gasteiger charge is -2.13. The molecular formula is C14H13BrN2O2. The van der Waals surface area contributed by atoms with Crippen molar-refractivity contribution in [2.75, 3.05) is 11.1 Å². The molecule has 5 heteroatoms. The van der Waals surface area contributed by atoms with E-state index in [-0.39, 0.29) is 5.56 Å². The fraction of sp³-hybridized carbons (Fsp3) is 0.0714. The fourth-order valence-electron chi connectivity index (χ4n) is 1.70. The first-order valence-corrected chi connectivity index (χ1v) is 6.43. The molecule has 0 unspecified atom stereocenters. The minimum absolute atomic E-state index is 0.175. The van der Waals surface area contributed by atoms with Crippen molar-refractivity contribution in [2.24, 2.45) is 0 Å². The van der Waals surface area contributed by atoms with Crippen LogP contribution in [0.5, 0.6) is 0 Å². The van der Waals surface area contributed by atoms with Crippen molar-refractivity contribution in [3.8, 4) is 0 Å². The van der Waals surface area contributed by atoms with Gasteiger partial charge in [0.2, 0.25) is 0 Å². The van der Waals surface area contributed by atoms with Crippen LogP contribution < -0.4 is 11.1 Å². The number of nitrogens with two attached hydrogens (primary N) is 1. The van der Waals surface area contributed by atoms with E-state index in [0.29, 0.717) is 11.4 Å². The first-order chi connectivity index (χ1) is 8.99. The molecule has 0 atom stereocenters. The molecular weight excluding hydrogens is 308 g/mol. The van der Waals surface area contributed by atoms with Crippen molar-refractivity contribution in [1.29, 1.82) is 0 Å². The molecule has 0 aliphatic carbocycles. The summed E-state index contributed by atoms with van der Waals surface area (Å²) >= 11 is 3.46. The number of carboxylic acids is 1. The van der Waals surface area contributed by atoms with E-state index < -0.39 is 5.97 Å². The number of hydrogen-bond donors (Lipinski definition) is 3. The van der Waals surface area contributed by atoms with Crippen LogP contribution in [-0.2, 0) is 0 Å². The van der Waals surface area contributed by atoms with Gasteiger partial charge in [0.25, 0.3) is 0 Å². The first kappa shape index (κ1) is 13.4. The highest BCUT2D eigenvalue weighted by atomic mass is 79.9. The smallest absolute Gasteiger partial charge is 0.335 e. The highest BCUT2D eigenvalue weighted by Crippen LogP contribution is 2.29. The summed E-state index contributed by atoms with van der Waals surface area (Å²) in [5.41, 5.74) is 9.10. The maximum Gasteiger partial charge on any atom is 0.335 e. The van der Waals surface area contributed by atoms with Crippen LogP contribution in [0.25, 0.3) is 0 Å². The topological polar surface area (TPSA) is 75.3 Å². The Balaban J connectivity index is 2.34. The summed E-state index contributed by atoms with van der Waals surface area (Å²) in [6.45, 7) is 1.98. The molecule has 2 aromatic carbocycles. The van der Waals surface area contributed by atoms with E-state index in [1.54, 1.807) is 6.07 Å². The van der Waals surface area contributed by atoms with Crippen LogP contribution in [0.3, 0.4) is 0 Å². The average molecular weight is 321 g/mol. The minimum atomic E-state index is -0.989. The highest BCUT2D eigenvalue weighted by molar-refractivity contribution is 9.10. The normalized spacial score (nSPS) is 10.2. The predicted octanol–water partition coefficient (Wildman–Crippen LogP) is 3.78. The SMILES string of the molecule is Cc1c(Br)cccc1Nc1ccc(C(=O)O)cc1N. The second-order valence-electron chi connectivity index (χ2n) is 4.14. The van der Waals surface area contributed by atoms with Crippen molar-refractivity contribution >= 4 is 39.0 Å². The third kappa shape index (κ3) is 2.88. The van der Waals surface area contributed by atoms with E-state index >= 15 is 0 Å². The molecule has 0 spiro atoms. The lowest BCUT2D eigenvalue weighted by atomic mass is 10.1. The van der Waals surface area contributed by atoms with Crippen molar-refractivity contribution in [1.82, 2.24) is 0 Å². The van der Waals surface area contributed by atoms with Gasteiger partial charge in [-0.05, 0) is 42.8 Å². The molecule has 2 rings (SSSR count). The Labute approximate surface area is 119 Å². The Hall–Kier alpha value is -2.01. The number of nitrogens with one attached hydrogen (secondary N) is 1. The Morgan fingerprint density at radius 1 is 1.26 bits per heavy atom. The number of anilines is 3. The molecule has 4 nitrogen and oxygen atoms in total. The number of halogens is 1. The molecule has 19 heavy (non-hydrogen) atoms. The Kier molecular flexibility index (Phi) is 3.76. The molecule has 4 N–H and O–H groups in total. The standard InChI is InChI=1S/C14H13BrN2O2/c1-8-10(15)3-2-4-12(8)17-13-6-5-9(14(18)19)7-11(13)16/h2-7,17H,16H2,1H3,(H,18,19). The van der Waals surface area contributed by atoms with Crippen LogP contribution in [0.4, 0.5) is 17.1 Å². The van der Waals surface area contributed by atoms with Crippen LogP contribution in [0.1, 0.15) is 15.9 Å². The summed E-state index contributed by atoms with van der Waals surface area (Å²) in [4.78, 5) is 10.8. The van der Waals surface area contributed by atoms with E-state index in [1.807, 2.05) is 25.1 Å². The summed E-state index contributed by atoms with van der Waals surface area (Å²) in [5.74, 6) is -0.989. The van der Waals surface area contributed by atoms with E-state index in [2.05, 4.69) is 21.2 Å². The first-order valence-electron chi connectivity index (χ1n) is 5.64. The van der Waals surface area contributed by atoms with Crippen LogP contribution >= 0.6 is 15.9 Å². The zero-order valence-corrected chi connectivity index (χ0v) is 11.9. The molecule has 98 valence electrons. The van der Waals surface area contributed by atoms with Gasteiger partial charge in [-0.15, -0.1) is 0 Å². The van der Waals surface area contributed by atoms with Crippen molar-refractivity contribution in [3.63, 3.8) is 0 Å². The zero-order valence-electron chi connectivity index (χ0n) is 10.3. The van der Waals surface area contributed by atoms with Gasteiger partial charge >= 0.3 is 5.97 Å². The van der Waals surface area contributed by atoms with Gasteiger partial charge in [0.15, 0.2) is 0 Å². The number of rotatable bonds is 3. The van der Waals surface area contributed by atoms with Crippen molar-refractivity contribution < 1.29 is 9.90 Å². The molecule has 2 aromatic rings. The quantitative estimate of drug-likeness (QED) is 0.752. The molecule has 0 aliphatic rings. The molecule has 0 heterocycles.